The Morgan fingerprint density at radius 2 is 1.95 bits per heavy atom. The number of nitrogens with two attached hydrogens (primary N) is 1. The van der Waals surface area contributed by atoms with Crippen molar-refractivity contribution in [2.45, 2.75) is 32.9 Å². The normalized spacial score (nSPS) is 14.0. The Kier molecular flexibility index (Phi) is 5.69. The zero-order valence-corrected chi connectivity index (χ0v) is 10.9. The average molecular weight is 272 g/mol. The van der Waals surface area contributed by atoms with E-state index in [0.717, 1.165) is 6.42 Å². The molecule has 0 saturated heterocycles. The third kappa shape index (κ3) is 4.82. The number of alkyl halides is 2. The lowest BCUT2D eigenvalue weighted by Crippen LogP contribution is -2.40. The first kappa shape index (κ1) is 15.4. The van der Waals surface area contributed by atoms with E-state index in [0.29, 0.717) is 5.69 Å². The summed E-state index contributed by atoms with van der Waals surface area (Å²) in [6.45, 7) is 0.984. The smallest absolute Gasteiger partial charge is 0.387 e. The zero-order chi connectivity index (χ0) is 14.4. The molecule has 0 aliphatic heterocycles. The van der Waals surface area contributed by atoms with Crippen molar-refractivity contribution >= 4 is 11.6 Å². The summed E-state index contributed by atoms with van der Waals surface area (Å²) in [5, 5.41) is 2.63. The van der Waals surface area contributed by atoms with Gasteiger partial charge < -0.3 is 15.8 Å². The van der Waals surface area contributed by atoms with Crippen LogP contribution >= 0.6 is 0 Å². The molecule has 106 valence electrons. The quantitative estimate of drug-likeness (QED) is 0.836. The van der Waals surface area contributed by atoms with Crippen LogP contribution in [0.3, 0.4) is 0 Å². The molecule has 0 aliphatic rings. The molecule has 3 N–H and O–H groups in total. The molecule has 0 bridgehead atoms. The molecule has 0 aromatic heterocycles. The number of amides is 1. The van der Waals surface area contributed by atoms with Gasteiger partial charge in [0.2, 0.25) is 5.91 Å². The Balaban J connectivity index is 2.60. The van der Waals surface area contributed by atoms with Crippen LogP contribution in [0.15, 0.2) is 24.3 Å². The topological polar surface area (TPSA) is 64.4 Å². The number of carbonyl (C=O) groups excluding carboxylic acids is 1. The summed E-state index contributed by atoms with van der Waals surface area (Å²) in [7, 11) is 0. The minimum Gasteiger partial charge on any atom is -0.435 e. The van der Waals surface area contributed by atoms with Gasteiger partial charge in [-0.05, 0) is 30.2 Å². The van der Waals surface area contributed by atoms with Gasteiger partial charge in [-0.25, -0.2) is 0 Å². The average Bonchev–Trinajstić information content (AvgIpc) is 2.38. The summed E-state index contributed by atoms with van der Waals surface area (Å²) in [5.74, 6) is -0.183. The first-order valence-electron chi connectivity index (χ1n) is 6.05. The van der Waals surface area contributed by atoms with Gasteiger partial charge in [-0.1, -0.05) is 20.3 Å². The van der Waals surface area contributed by atoms with Crippen molar-refractivity contribution in [3.05, 3.63) is 24.3 Å². The van der Waals surface area contributed by atoms with E-state index in [2.05, 4.69) is 10.1 Å². The maximum Gasteiger partial charge on any atom is 0.387 e. The van der Waals surface area contributed by atoms with E-state index in [9.17, 15) is 13.6 Å². The molecule has 0 radical (unpaired) electrons. The predicted molar refractivity (Wildman–Crippen MR) is 69.1 cm³/mol. The molecule has 6 heteroatoms. The molecular formula is C13H18F2N2O2. The van der Waals surface area contributed by atoms with Gasteiger partial charge in [0, 0.05) is 5.69 Å². The van der Waals surface area contributed by atoms with Crippen molar-refractivity contribution in [2.75, 3.05) is 5.32 Å². The summed E-state index contributed by atoms with van der Waals surface area (Å²) < 4.78 is 28.1. The van der Waals surface area contributed by atoms with Crippen LogP contribution in [0.5, 0.6) is 5.75 Å². The highest BCUT2D eigenvalue weighted by Crippen LogP contribution is 2.18. The lowest BCUT2D eigenvalue weighted by atomic mass is 9.99. The van der Waals surface area contributed by atoms with Crippen LogP contribution in [-0.2, 0) is 4.79 Å². The fourth-order valence-corrected chi connectivity index (χ4v) is 1.46. The first-order chi connectivity index (χ1) is 8.93. The second-order valence-corrected chi connectivity index (χ2v) is 4.30. The van der Waals surface area contributed by atoms with E-state index < -0.39 is 12.7 Å². The third-order valence-corrected chi connectivity index (χ3v) is 2.91. The highest BCUT2D eigenvalue weighted by atomic mass is 19.3. The molecule has 0 aliphatic carbocycles. The Labute approximate surface area is 110 Å². The Morgan fingerprint density at radius 3 is 2.42 bits per heavy atom. The lowest BCUT2D eigenvalue weighted by molar-refractivity contribution is -0.118. The molecule has 2 atom stereocenters. The van der Waals surface area contributed by atoms with Gasteiger partial charge in [-0.2, -0.15) is 8.78 Å². The molecular weight excluding hydrogens is 254 g/mol. The van der Waals surface area contributed by atoms with Gasteiger partial charge in [0.15, 0.2) is 0 Å². The number of benzene rings is 1. The highest BCUT2D eigenvalue weighted by molar-refractivity contribution is 5.94. The molecule has 0 saturated carbocycles. The molecule has 1 rings (SSSR count). The largest absolute Gasteiger partial charge is 0.435 e. The number of nitrogens with one attached hydrogen (secondary N) is 1. The molecule has 1 aromatic carbocycles. The van der Waals surface area contributed by atoms with E-state index in [1.54, 1.807) is 0 Å². The van der Waals surface area contributed by atoms with Gasteiger partial charge in [0.05, 0.1) is 6.04 Å². The number of halogens is 2. The van der Waals surface area contributed by atoms with Crippen molar-refractivity contribution < 1.29 is 18.3 Å². The SMILES string of the molecule is CCC(C)[C@H](N)C(=O)Nc1ccc(OC(F)F)cc1. The van der Waals surface area contributed by atoms with Gasteiger partial charge in [-0.15, -0.1) is 0 Å². The van der Waals surface area contributed by atoms with Crippen molar-refractivity contribution in [1.82, 2.24) is 0 Å². The molecule has 19 heavy (non-hydrogen) atoms. The fraction of sp³-hybridized carbons (Fsp3) is 0.462. The van der Waals surface area contributed by atoms with Gasteiger partial charge in [0.25, 0.3) is 0 Å². The van der Waals surface area contributed by atoms with Crippen LogP contribution in [-0.4, -0.2) is 18.6 Å². The van der Waals surface area contributed by atoms with Crippen LogP contribution < -0.4 is 15.8 Å². The fourth-order valence-electron chi connectivity index (χ4n) is 1.46. The molecule has 4 nitrogen and oxygen atoms in total. The van der Waals surface area contributed by atoms with Crippen LogP contribution in [0.4, 0.5) is 14.5 Å². The summed E-state index contributed by atoms with van der Waals surface area (Å²) in [6, 6.07) is 5.09. The minimum atomic E-state index is -2.86. The number of anilines is 1. The monoisotopic (exact) mass is 272 g/mol. The second-order valence-electron chi connectivity index (χ2n) is 4.30. The maximum absolute atomic E-state index is 12.0. The van der Waals surface area contributed by atoms with Crippen LogP contribution in [0, 0.1) is 5.92 Å². The number of ether oxygens (including phenoxy) is 1. The van der Waals surface area contributed by atoms with E-state index in [1.807, 2.05) is 13.8 Å². The van der Waals surface area contributed by atoms with E-state index in [4.69, 9.17) is 5.73 Å². The van der Waals surface area contributed by atoms with Gasteiger partial charge >= 0.3 is 6.61 Å². The Hall–Kier alpha value is -1.69. The molecule has 1 unspecified atom stereocenters. The second kappa shape index (κ2) is 7.04. The number of carbonyl (C=O) groups is 1. The molecule has 1 aromatic rings. The van der Waals surface area contributed by atoms with Gasteiger partial charge in [0.1, 0.15) is 5.75 Å². The summed E-state index contributed by atoms with van der Waals surface area (Å²) in [6.07, 6.45) is 0.801. The Bertz CT molecular complexity index is 410. The summed E-state index contributed by atoms with van der Waals surface area (Å²) in [5.41, 5.74) is 6.27. The van der Waals surface area contributed by atoms with Crippen molar-refractivity contribution in [3.8, 4) is 5.75 Å². The molecule has 0 fully saturated rings. The number of hydrogen-bond acceptors (Lipinski definition) is 3. The minimum absolute atomic E-state index is 0.0409. The molecule has 0 heterocycles. The lowest BCUT2D eigenvalue weighted by Gasteiger charge is -2.17. The van der Waals surface area contributed by atoms with E-state index >= 15 is 0 Å². The van der Waals surface area contributed by atoms with Crippen LogP contribution in [0.25, 0.3) is 0 Å². The summed E-state index contributed by atoms with van der Waals surface area (Å²) >= 11 is 0. The van der Waals surface area contributed by atoms with Crippen molar-refractivity contribution in [1.29, 1.82) is 0 Å². The first-order valence-corrected chi connectivity index (χ1v) is 6.05. The van der Waals surface area contributed by atoms with Crippen LogP contribution in [0.1, 0.15) is 20.3 Å². The predicted octanol–water partition coefficient (Wildman–Crippen LogP) is 2.60. The van der Waals surface area contributed by atoms with Crippen LogP contribution in [0.2, 0.25) is 0 Å². The molecule has 1 amide bonds. The highest BCUT2D eigenvalue weighted by Gasteiger charge is 2.19. The number of hydrogen-bond donors (Lipinski definition) is 2. The summed E-state index contributed by atoms with van der Waals surface area (Å²) in [4.78, 5) is 11.8. The van der Waals surface area contributed by atoms with Crippen molar-refractivity contribution in [2.24, 2.45) is 11.7 Å². The standard InChI is InChI=1S/C13H18F2N2O2/c1-3-8(2)11(16)12(18)17-9-4-6-10(7-5-9)19-13(14)15/h4-8,11,13H,3,16H2,1-2H3,(H,17,18)/t8?,11-/m0/s1. The van der Waals surface area contributed by atoms with Crippen molar-refractivity contribution in [3.63, 3.8) is 0 Å². The van der Waals surface area contributed by atoms with E-state index in [-0.39, 0.29) is 17.6 Å². The van der Waals surface area contributed by atoms with Gasteiger partial charge in [-0.3, -0.25) is 4.79 Å². The zero-order valence-electron chi connectivity index (χ0n) is 10.9. The number of rotatable bonds is 6. The Morgan fingerprint density at radius 1 is 1.37 bits per heavy atom. The molecule has 0 spiro atoms. The van der Waals surface area contributed by atoms with E-state index in [1.165, 1.54) is 24.3 Å². The third-order valence-electron chi connectivity index (χ3n) is 2.91. The maximum atomic E-state index is 12.0.